The highest BCUT2D eigenvalue weighted by molar-refractivity contribution is 5.91. The summed E-state index contributed by atoms with van der Waals surface area (Å²) in [4.78, 5) is 24.0. The zero-order valence-corrected chi connectivity index (χ0v) is 16.5. The fraction of sp³-hybridized carbons (Fsp3) is 0.227. The Morgan fingerprint density at radius 1 is 1.10 bits per heavy atom. The number of nitrogens with one attached hydrogen (secondary N) is 1. The molecule has 0 bridgehead atoms. The van der Waals surface area contributed by atoms with E-state index in [2.05, 4.69) is 10.4 Å². The van der Waals surface area contributed by atoms with Gasteiger partial charge in [-0.3, -0.25) is 4.79 Å². The summed E-state index contributed by atoms with van der Waals surface area (Å²) in [6, 6.07) is 14.5. The zero-order valence-electron chi connectivity index (χ0n) is 16.5. The van der Waals surface area contributed by atoms with Crippen molar-refractivity contribution >= 4 is 17.6 Å². The Kier molecular flexibility index (Phi) is 5.65. The van der Waals surface area contributed by atoms with Gasteiger partial charge in [-0.1, -0.05) is 6.07 Å². The van der Waals surface area contributed by atoms with Crippen LogP contribution in [0.15, 0.2) is 54.7 Å². The van der Waals surface area contributed by atoms with Crippen molar-refractivity contribution in [2.45, 2.75) is 19.8 Å². The maximum atomic E-state index is 12.3. The van der Waals surface area contributed by atoms with Crippen molar-refractivity contribution in [3.63, 3.8) is 0 Å². The van der Waals surface area contributed by atoms with E-state index in [1.165, 1.54) is 0 Å². The minimum Gasteiger partial charge on any atom is -0.461 e. The van der Waals surface area contributed by atoms with E-state index in [1.807, 2.05) is 30.3 Å². The van der Waals surface area contributed by atoms with Gasteiger partial charge in [0.25, 0.3) is 0 Å². The number of aromatic nitrogens is 2. The van der Waals surface area contributed by atoms with Crippen LogP contribution in [0.3, 0.4) is 0 Å². The third kappa shape index (κ3) is 4.43. The molecule has 8 nitrogen and oxygen atoms in total. The van der Waals surface area contributed by atoms with Crippen LogP contribution in [-0.4, -0.2) is 35.1 Å². The monoisotopic (exact) mass is 407 g/mol. The van der Waals surface area contributed by atoms with Gasteiger partial charge in [0.15, 0.2) is 17.2 Å². The number of hydrogen-bond acceptors (Lipinski definition) is 6. The van der Waals surface area contributed by atoms with E-state index in [1.54, 1.807) is 36.0 Å². The number of benzene rings is 2. The van der Waals surface area contributed by atoms with Gasteiger partial charge in [-0.15, -0.1) is 0 Å². The fourth-order valence-corrected chi connectivity index (χ4v) is 3.06. The highest BCUT2D eigenvalue weighted by Gasteiger charge is 2.14. The highest BCUT2D eigenvalue weighted by Crippen LogP contribution is 2.32. The molecule has 0 saturated carbocycles. The van der Waals surface area contributed by atoms with Gasteiger partial charge >= 0.3 is 5.97 Å². The molecule has 8 heteroatoms. The summed E-state index contributed by atoms with van der Waals surface area (Å²) < 4.78 is 17.2. The second kappa shape index (κ2) is 8.69. The Bertz CT molecular complexity index is 1060. The van der Waals surface area contributed by atoms with Crippen LogP contribution in [0, 0.1) is 0 Å². The molecule has 2 heterocycles. The molecule has 4 rings (SSSR count). The molecule has 1 amide bonds. The van der Waals surface area contributed by atoms with Gasteiger partial charge in [0.2, 0.25) is 12.7 Å². The molecule has 1 aliphatic heterocycles. The summed E-state index contributed by atoms with van der Waals surface area (Å²) in [7, 11) is 0. The predicted molar refractivity (Wildman–Crippen MR) is 109 cm³/mol. The lowest BCUT2D eigenvalue weighted by Gasteiger charge is -2.07. The standard InChI is InChI=1S/C22H21N3O5/c1-2-28-22(27)18-11-12-25(24-18)17-7-5-16(6-8-17)23-21(26)10-4-15-3-9-19-20(13-15)30-14-29-19/h3,5-9,11-13H,2,4,10,14H2,1H3,(H,23,26). The molecular formula is C22H21N3O5. The SMILES string of the molecule is CCOC(=O)c1ccn(-c2ccc(NC(=O)CCc3ccc4c(c3)OCO4)cc2)n1. The average molecular weight is 407 g/mol. The van der Waals surface area contributed by atoms with E-state index in [-0.39, 0.29) is 18.4 Å². The Morgan fingerprint density at radius 3 is 2.70 bits per heavy atom. The van der Waals surface area contributed by atoms with Crippen molar-refractivity contribution in [3.05, 3.63) is 66.0 Å². The van der Waals surface area contributed by atoms with Crippen molar-refractivity contribution in [2.24, 2.45) is 0 Å². The lowest BCUT2D eigenvalue weighted by atomic mass is 10.1. The Labute approximate surface area is 173 Å². The molecule has 0 atom stereocenters. The van der Waals surface area contributed by atoms with E-state index in [0.717, 1.165) is 17.0 Å². The minimum atomic E-state index is -0.456. The van der Waals surface area contributed by atoms with E-state index in [0.29, 0.717) is 30.9 Å². The number of carbonyl (C=O) groups excluding carboxylic acids is 2. The van der Waals surface area contributed by atoms with Crippen LogP contribution in [-0.2, 0) is 16.0 Å². The first-order chi connectivity index (χ1) is 14.6. The van der Waals surface area contributed by atoms with Crippen LogP contribution in [0.4, 0.5) is 5.69 Å². The van der Waals surface area contributed by atoms with Gasteiger partial charge in [0.1, 0.15) is 0 Å². The second-order valence-electron chi connectivity index (χ2n) is 6.65. The molecule has 1 N–H and O–H groups in total. The van der Waals surface area contributed by atoms with Gasteiger partial charge in [-0.25, -0.2) is 9.48 Å². The van der Waals surface area contributed by atoms with Gasteiger partial charge in [-0.2, -0.15) is 5.10 Å². The molecule has 1 aromatic heterocycles. The van der Waals surface area contributed by atoms with Crippen molar-refractivity contribution in [2.75, 3.05) is 18.7 Å². The summed E-state index contributed by atoms with van der Waals surface area (Å²) in [6.45, 7) is 2.28. The molecular weight excluding hydrogens is 386 g/mol. The number of rotatable bonds is 7. The lowest BCUT2D eigenvalue weighted by molar-refractivity contribution is -0.116. The quantitative estimate of drug-likeness (QED) is 0.604. The number of amides is 1. The molecule has 0 aliphatic carbocycles. The first-order valence-corrected chi connectivity index (χ1v) is 9.64. The van der Waals surface area contributed by atoms with Crippen LogP contribution in [0.2, 0.25) is 0 Å². The molecule has 0 spiro atoms. The summed E-state index contributed by atoms with van der Waals surface area (Å²) in [5, 5.41) is 7.10. The molecule has 30 heavy (non-hydrogen) atoms. The molecule has 0 unspecified atom stereocenters. The minimum absolute atomic E-state index is 0.0795. The van der Waals surface area contributed by atoms with Gasteiger partial charge in [0, 0.05) is 18.3 Å². The Balaban J connectivity index is 1.32. The third-order valence-corrected chi connectivity index (χ3v) is 4.57. The zero-order chi connectivity index (χ0) is 20.9. The van der Waals surface area contributed by atoms with Gasteiger partial charge < -0.3 is 19.5 Å². The van der Waals surface area contributed by atoms with Crippen molar-refractivity contribution < 1.29 is 23.8 Å². The largest absolute Gasteiger partial charge is 0.461 e. The fourth-order valence-electron chi connectivity index (χ4n) is 3.06. The van der Waals surface area contributed by atoms with Crippen LogP contribution in [0.1, 0.15) is 29.4 Å². The lowest BCUT2D eigenvalue weighted by Crippen LogP contribution is -2.12. The van der Waals surface area contributed by atoms with E-state index in [4.69, 9.17) is 14.2 Å². The first kappa shape index (κ1) is 19.5. The summed E-state index contributed by atoms with van der Waals surface area (Å²) in [5.41, 5.74) is 2.72. The second-order valence-corrected chi connectivity index (χ2v) is 6.65. The number of nitrogens with zero attached hydrogens (tertiary/aromatic N) is 2. The maximum absolute atomic E-state index is 12.3. The van der Waals surface area contributed by atoms with Crippen molar-refractivity contribution in [1.82, 2.24) is 9.78 Å². The van der Waals surface area contributed by atoms with Gasteiger partial charge in [-0.05, 0) is 61.4 Å². The number of hydrogen-bond donors (Lipinski definition) is 1. The molecule has 2 aromatic carbocycles. The number of ether oxygens (including phenoxy) is 3. The predicted octanol–water partition coefficient (Wildman–Crippen LogP) is 3.35. The van der Waals surface area contributed by atoms with Crippen LogP contribution < -0.4 is 14.8 Å². The number of esters is 1. The van der Waals surface area contributed by atoms with Crippen LogP contribution >= 0.6 is 0 Å². The van der Waals surface area contributed by atoms with E-state index < -0.39 is 5.97 Å². The smallest absolute Gasteiger partial charge is 0.358 e. The van der Waals surface area contributed by atoms with E-state index in [9.17, 15) is 9.59 Å². The number of aryl methyl sites for hydroxylation is 1. The summed E-state index contributed by atoms with van der Waals surface area (Å²) in [5.74, 6) is 0.912. The van der Waals surface area contributed by atoms with Gasteiger partial charge in [0.05, 0.1) is 12.3 Å². The normalized spacial score (nSPS) is 11.9. The average Bonchev–Trinajstić information content (AvgIpc) is 3.42. The highest BCUT2D eigenvalue weighted by atomic mass is 16.7. The van der Waals surface area contributed by atoms with Crippen molar-refractivity contribution in [1.29, 1.82) is 0 Å². The molecule has 1 aliphatic rings. The first-order valence-electron chi connectivity index (χ1n) is 9.64. The molecule has 0 saturated heterocycles. The summed E-state index contributed by atoms with van der Waals surface area (Å²) >= 11 is 0. The van der Waals surface area contributed by atoms with Crippen LogP contribution in [0.25, 0.3) is 5.69 Å². The number of anilines is 1. The van der Waals surface area contributed by atoms with Crippen molar-refractivity contribution in [3.8, 4) is 17.2 Å². The molecule has 0 radical (unpaired) electrons. The Morgan fingerprint density at radius 2 is 1.90 bits per heavy atom. The maximum Gasteiger partial charge on any atom is 0.358 e. The molecule has 0 fully saturated rings. The summed E-state index contributed by atoms with van der Waals surface area (Å²) in [6.07, 6.45) is 2.64. The Hall–Kier alpha value is -3.81. The topological polar surface area (TPSA) is 91.7 Å². The van der Waals surface area contributed by atoms with Crippen LogP contribution in [0.5, 0.6) is 11.5 Å². The number of carbonyl (C=O) groups is 2. The number of fused-ring (bicyclic) bond motifs is 1. The molecule has 154 valence electrons. The van der Waals surface area contributed by atoms with E-state index >= 15 is 0 Å². The third-order valence-electron chi connectivity index (χ3n) is 4.57. The molecule has 3 aromatic rings.